The molecule has 38 heavy (non-hydrogen) atoms. The lowest BCUT2D eigenvalue weighted by Gasteiger charge is -2.29. The van der Waals surface area contributed by atoms with Crippen LogP contribution in [0.1, 0.15) is 59.9 Å². The van der Waals surface area contributed by atoms with E-state index in [1.807, 2.05) is 22.5 Å². The van der Waals surface area contributed by atoms with Gasteiger partial charge in [0, 0.05) is 25.3 Å². The van der Waals surface area contributed by atoms with E-state index in [0.29, 0.717) is 9.93 Å². The van der Waals surface area contributed by atoms with E-state index in [9.17, 15) is 9.32 Å². The van der Waals surface area contributed by atoms with E-state index < -0.39 is 11.0 Å². The lowest BCUT2D eigenvalue weighted by Crippen LogP contribution is -2.37. The van der Waals surface area contributed by atoms with Gasteiger partial charge in [0.25, 0.3) is 0 Å². The van der Waals surface area contributed by atoms with Crippen LogP contribution in [0.25, 0.3) is 0 Å². The second-order valence-electron chi connectivity index (χ2n) is 9.54. The first-order chi connectivity index (χ1) is 18.1. The van der Waals surface area contributed by atoms with Crippen LogP contribution in [-0.4, -0.2) is 60.0 Å². The third-order valence-electron chi connectivity index (χ3n) is 4.93. The zero-order chi connectivity index (χ0) is 28.3. The minimum absolute atomic E-state index is 0.105. The fourth-order valence-electron chi connectivity index (χ4n) is 3.19. The average Bonchev–Trinajstić information content (AvgIpc) is 3.37. The Morgan fingerprint density at radius 3 is 2.26 bits per heavy atom. The molecule has 1 unspecified atom stereocenters. The van der Waals surface area contributed by atoms with Crippen molar-refractivity contribution in [3.05, 3.63) is 63.2 Å². The molecule has 0 saturated carbocycles. The maximum absolute atomic E-state index is 12.7. The normalized spacial score (nSPS) is 16.7. The highest BCUT2D eigenvalue weighted by Gasteiger charge is 2.21. The quantitative estimate of drug-likeness (QED) is 0.317. The van der Waals surface area contributed by atoms with Crippen molar-refractivity contribution in [3.63, 3.8) is 0 Å². The molecule has 11 heteroatoms. The lowest BCUT2D eigenvalue weighted by molar-refractivity contribution is 0.238. The van der Waals surface area contributed by atoms with Crippen molar-refractivity contribution in [2.75, 3.05) is 38.0 Å². The van der Waals surface area contributed by atoms with Crippen LogP contribution in [0.5, 0.6) is 0 Å². The zero-order valence-corrected chi connectivity index (χ0v) is 26.2. The Morgan fingerprint density at radius 1 is 1.18 bits per heavy atom. The summed E-state index contributed by atoms with van der Waals surface area (Å²) in [6, 6.07) is 10.2. The first kappa shape index (κ1) is 34.1. The number of nitrogens with zero attached hydrogens (tertiary/aromatic N) is 4. The molecule has 1 fully saturated rings. The molecule has 1 aliphatic heterocycles. The minimum atomic E-state index is -1.32. The topological polar surface area (TPSA) is 108 Å². The number of hydrogen-bond donors (Lipinski definition) is 3. The fourth-order valence-corrected chi connectivity index (χ4v) is 5.92. The molecular weight excluding hydrogens is 537 g/mol. The standard InChI is InChI=1S/C14H27N3O2S2.C9H9N3S.C4H10/c1-4-16-7-5-9-17(10-6-8-16)21(19)14(13(3)18)20-11-12(2)15;1-2-4-8(5-3-1)6-10-9-7-11-13-12-9;1-4(2)3/h11,18H,4-10,15H2,1-3H3;1-5,7H,6H2,(H,10,12);4H,1-3H3/b12-11+,14-13-;;. The smallest absolute Gasteiger partial charge is 0.160 e. The Kier molecular flexibility index (Phi) is 18.0. The van der Waals surface area contributed by atoms with Gasteiger partial charge in [-0.2, -0.15) is 8.75 Å². The van der Waals surface area contributed by atoms with Crippen LogP contribution >= 0.6 is 23.5 Å². The highest BCUT2D eigenvalue weighted by atomic mass is 32.2. The van der Waals surface area contributed by atoms with Gasteiger partial charge >= 0.3 is 0 Å². The molecule has 1 aromatic carbocycles. The molecular formula is C27H46N6O2S3. The van der Waals surface area contributed by atoms with Crippen molar-refractivity contribution >= 4 is 40.3 Å². The molecule has 1 aliphatic rings. The van der Waals surface area contributed by atoms with E-state index in [1.165, 1.54) is 29.1 Å². The third-order valence-corrected chi connectivity index (χ3v) is 8.57. The molecule has 0 amide bonds. The molecule has 3 rings (SSSR count). The predicted molar refractivity (Wildman–Crippen MR) is 166 cm³/mol. The number of aliphatic hydroxyl groups is 1. The molecule has 4 N–H and O–H groups in total. The second kappa shape index (κ2) is 20.0. The number of thioether (sulfide) groups is 1. The van der Waals surface area contributed by atoms with Crippen molar-refractivity contribution in [2.24, 2.45) is 11.7 Å². The molecule has 2 heterocycles. The summed E-state index contributed by atoms with van der Waals surface area (Å²) in [5.74, 6) is 1.78. The summed E-state index contributed by atoms with van der Waals surface area (Å²) in [6.07, 6.45) is 3.72. The van der Waals surface area contributed by atoms with E-state index in [1.54, 1.807) is 25.5 Å². The number of allylic oxidation sites excluding steroid dienone is 2. The summed E-state index contributed by atoms with van der Waals surface area (Å²) in [5.41, 5.74) is 7.50. The number of nitrogens with one attached hydrogen (secondary N) is 1. The maximum atomic E-state index is 12.7. The van der Waals surface area contributed by atoms with E-state index in [-0.39, 0.29) is 5.76 Å². The first-order valence-corrected chi connectivity index (χ1v) is 15.8. The van der Waals surface area contributed by atoms with Crippen LogP contribution in [-0.2, 0) is 17.5 Å². The Bertz CT molecular complexity index is 948. The molecule has 214 valence electrons. The van der Waals surface area contributed by atoms with Crippen LogP contribution < -0.4 is 11.1 Å². The summed E-state index contributed by atoms with van der Waals surface area (Å²) in [5, 5.41) is 14.7. The van der Waals surface area contributed by atoms with Crippen LogP contribution in [0, 0.1) is 5.92 Å². The van der Waals surface area contributed by atoms with Gasteiger partial charge in [-0.25, -0.2) is 8.51 Å². The van der Waals surface area contributed by atoms with Gasteiger partial charge in [-0.3, -0.25) is 0 Å². The highest BCUT2D eigenvalue weighted by Crippen LogP contribution is 2.27. The number of rotatable bonds is 8. The number of anilines is 1. The van der Waals surface area contributed by atoms with Crippen molar-refractivity contribution in [1.82, 2.24) is 18.0 Å². The first-order valence-electron chi connectivity index (χ1n) is 13.1. The average molecular weight is 583 g/mol. The minimum Gasteiger partial charge on any atom is -0.511 e. The molecule has 0 bridgehead atoms. The summed E-state index contributed by atoms with van der Waals surface area (Å²) in [6.45, 7) is 17.5. The molecule has 1 aromatic heterocycles. The summed E-state index contributed by atoms with van der Waals surface area (Å²) < 4.78 is 23.1. The SMILES string of the molecule is CC(C)C.CCN1CCCN(S(=O)/C(S/C=C(\C)N)=C(/C)O)CCC1.c1ccc(CNc2cnsn2)cc1. The number of aliphatic hydroxyl groups excluding tert-OH is 1. The van der Waals surface area contributed by atoms with Crippen LogP contribution in [0.3, 0.4) is 0 Å². The van der Waals surface area contributed by atoms with Crippen molar-refractivity contribution in [3.8, 4) is 0 Å². The molecule has 1 saturated heterocycles. The van der Waals surface area contributed by atoms with Crippen LogP contribution in [0.4, 0.5) is 5.82 Å². The van der Waals surface area contributed by atoms with Gasteiger partial charge in [0.2, 0.25) is 0 Å². The Balaban J connectivity index is 0.000000358. The van der Waals surface area contributed by atoms with Crippen molar-refractivity contribution < 1.29 is 9.32 Å². The number of hydrogen-bond acceptors (Lipinski definition) is 9. The Labute approximate surface area is 240 Å². The molecule has 0 radical (unpaired) electrons. The molecule has 8 nitrogen and oxygen atoms in total. The van der Waals surface area contributed by atoms with Gasteiger partial charge < -0.3 is 21.1 Å². The maximum Gasteiger partial charge on any atom is 0.160 e. The van der Waals surface area contributed by atoms with E-state index in [0.717, 1.165) is 63.8 Å². The zero-order valence-electron chi connectivity index (χ0n) is 23.7. The molecule has 1 atom stereocenters. The third kappa shape index (κ3) is 15.5. The van der Waals surface area contributed by atoms with Crippen LogP contribution in [0.15, 0.2) is 57.6 Å². The molecule has 0 spiro atoms. The summed E-state index contributed by atoms with van der Waals surface area (Å²) >= 11 is 2.46. The number of benzene rings is 1. The fraction of sp³-hybridized carbons (Fsp3) is 0.556. The van der Waals surface area contributed by atoms with Gasteiger partial charge in [-0.05, 0) is 63.2 Å². The van der Waals surface area contributed by atoms with E-state index >= 15 is 0 Å². The Morgan fingerprint density at radius 2 is 1.79 bits per heavy atom. The van der Waals surface area contributed by atoms with Crippen molar-refractivity contribution in [1.29, 1.82) is 0 Å². The number of nitrogens with two attached hydrogens (primary N) is 1. The lowest BCUT2D eigenvalue weighted by atomic mass is 10.2. The highest BCUT2D eigenvalue weighted by molar-refractivity contribution is 8.17. The van der Waals surface area contributed by atoms with Gasteiger partial charge in [0.1, 0.15) is 21.0 Å². The van der Waals surface area contributed by atoms with E-state index in [4.69, 9.17) is 5.73 Å². The monoisotopic (exact) mass is 582 g/mol. The van der Waals surface area contributed by atoms with Gasteiger partial charge in [0.15, 0.2) is 5.82 Å². The van der Waals surface area contributed by atoms with Gasteiger partial charge in [-0.15, -0.1) is 0 Å². The van der Waals surface area contributed by atoms with Gasteiger partial charge in [0.05, 0.1) is 17.9 Å². The molecule has 2 aromatic rings. The van der Waals surface area contributed by atoms with Gasteiger partial charge in [-0.1, -0.05) is 69.8 Å². The molecule has 0 aliphatic carbocycles. The second-order valence-corrected chi connectivity index (χ2v) is 12.7. The largest absolute Gasteiger partial charge is 0.511 e. The van der Waals surface area contributed by atoms with Crippen LogP contribution in [0.2, 0.25) is 0 Å². The van der Waals surface area contributed by atoms with Crippen molar-refractivity contribution in [2.45, 2.75) is 60.9 Å². The van der Waals surface area contributed by atoms with E-state index in [2.05, 4.69) is 58.8 Å². The predicted octanol–water partition coefficient (Wildman–Crippen LogP) is 6.18. The Hall–Kier alpha value is -1.92. The summed E-state index contributed by atoms with van der Waals surface area (Å²) in [4.78, 5) is 2.42. The summed E-state index contributed by atoms with van der Waals surface area (Å²) in [7, 11) is -1.32. The number of aromatic nitrogens is 2.